The Kier molecular flexibility index (Phi) is 7.22. The van der Waals surface area contributed by atoms with Gasteiger partial charge in [-0.1, -0.05) is 24.3 Å². The van der Waals surface area contributed by atoms with Gasteiger partial charge < -0.3 is 24.6 Å². The van der Waals surface area contributed by atoms with Crippen LogP contribution in [-0.2, 0) is 16.0 Å². The van der Waals surface area contributed by atoms with E-state index < -0.39 is 5.97 Å². The third-order valence-electron chi connectivity index (χ3n) is 5.25. The molecule has 2 N–H and O–H groups in total. The summed E-state index contributed by atoms with van der Waals surface area (Å²) in [4.78, 5) is 23.6. The molecule has 3 aromatic rings. The zero-order chi connectivity index (χ0) is 23.0. The van der Waals surface area contributed by atoms with Crippen LogP contribution in [0.5, 0.6) is 17.2 Å². The Bertz CT molecular complexity index is 1090. The Balaban J connectivity index is 1.30. The quantitative estimate of drug-likeness (QED) is 0.509. The summed E-state index contributed by atoms with van der Waals surface area (Å²) in [5.41, 5.74) is 1.12. The predicted octanol–water partition coefficient (Wildman–Crippen LogP) is 4.92. The molecule has 3 aromatic carbocycles. The summed E-state index contributed by atoms with van der Waals surface area (Å²) < 4.78 is 17.2. The number of hydrogen-bond acceptors (Lipinski definition) is 5. The number of amides is 1. The SMILES string of the molecule is O=C(Cc1ccc(Oc2ccc(OC3CCOCC3)cc2)cc1)Nc1ccccc1C(=O)O. The van der Waals surface area contributed by atoms with Gasteiger partial charge in [0.25, 0.3) is 0 Å². The first-order chi connectivity index (χ1) is 16.1. The number of nitrogens with one attached hydrogen (secondary N) is 1. The van der Waals surface area contributed by atoms with Gasteiger partial charge in [-0.15, -0.1) is 0 Å². The van der Waals surface area contributed by atoms with Crippen molar-refractivity contribution in [3.05, 3.63) is 83.9 Å². The van der Waals surface area contributed by atoms with Crippen LogP contribution in [0, 0.1) is 0 Å². The molecule has 33 heavy (non-hydrogen) atoms. The Morgan fingerprint density at radius 1 is 0.879 bits per heavy atom. The smallest absolute Gasteiger partial charge is 0.337 e. The fraction of sp³-hybridized carbons (Fsp3) is 0.231. The van der Waals surface area contributed by atoms with Gasteiger partial charge in [0.2, 0.25) is 5.91 Å². The Labute approximate surface area is 191 Å². The fourth-order valence-corrected chi connectivity index (χ4v) is 3.54. The summed E-state index contributed by atoms with van der Waals surface area (Å²) >= 11 is 0. The third-order valence-corrected chi connectivity index (χ3v) is 5.25. The van der Waals surface area contributed by atoms with Crippen molar-refractivity contribution in [1.82, 2.24) is 0 Å². The van der Waals surface area contributed by atoms with Crippen molar-refractivity contribution in [2.24, 2.45) is 0 Å². The van der Waals surface area contributed by atoms with E-state index in [0.29, 0.717) is 11.5 Å². The van der Waals surface area contributed by atoms with Gasteiger partial charge in [0, 0.05) is 12.8 Å². The molecule has 7 heteroatoms. The van der Waals surface area contributed by atoms with Gasteiger partial charge in [0.1, 0.15) is 23.4 Å². The lowest BCUT2D eigenvalue weighted by atomic mass is 10.1. The first kappa shape index (κ1) is 22.4. The maximum atomic E-state index is 12.4. The second kappa shape index (κ2) is 10.7. The number of carbonyl (C=O) groups is 2. The van der Waals surface area contributed by atoms with E-state index in [1.54, 1.807) is 42.5 Å². The molecule has 1 aliphatic heterocycles. The second-order valence-corrected chi connectivity index (χ2v) is 7.72. The van der Waals surface area contributed by atoms with Gasteiger partial charge in [-0.3, -0.25) is 4.79 Å². The Morgan fingerprint density at radius 2 is 1.48 bits per heavy atom. The van der Waals surface area contributed by atoms with Gasteiger partial charge in [-0.05, 0) is 54.1 Å². The van der Waals surface area contributed by atoms with Crippen LogP contribution >= 0.6 is 0 Å². The summed E-state index contributed by atoms with van der Waals surface area (Å²) in [6.07, 6.45) is 2.10. The minimum absolute atomic E-state index is 0.0544. The molecule has 0 aliphatic carbocycles. The summed E-state index contributed by atoms with van der Waals surface area (Å²) in [5, 5.41) is 11.9. The van der Waals surface area contributed by atoms with E-state index >= 15 is 0 Å². The lowest BCUT2D eigenvalue weighted by Crippen LogP contribution is -2.25. The molecule has 1 amide bonds. The number of benzene rings is 3. The van der Waals surface area contributed by atoms with E-state index in [-0.39, 0.29) is 29.7 Å². The number of hydrogen-bond donors (Lipinski definition) is 2. The van der Waals surface area contributed by atoms with E-state index in [1.165, 1.54) is 6.07 Å². The number of carboxylic acids is 1. The minimum Gasteiger partial charge on any atom is -0.490 e. The molecule has 0 atom stereocenters. The highest BCUT2D eigenvalue weighted by Gasteiger charge is 2.15. The van der Waals surface area contributed by atoms with Crippen molar-refractivity contribution < 1.29 is 28.9 Å². The average Bonchev–Trinajstić information content (AvgIpc) is 2.82. The molecule has 1 aliphatic rings. The number of carbonyl (C=O) groups excluding carboxylic acids is 1. The molecule has 1 fully saturated rings. The van der Waals surface area contributed by atoms with Crippen molar-refractivity contribution in [3.8, 4) is 17.2 Å². The Hall–Kier alpha value is -3.84. The van der Waals surface area contributed by atoms with Gasteiger partial charge in [0.15, 0.2) is 0 Å². The van der Waals surface area contributed by atoms with Gasteiger partial charge in [0.05, 0.1) is 30.9 Å². The lowest BCUT2D eigenvalue weighted by Gasteiger charge is -2.23. The molecule has 7 nitrogen and oxygen atoms in total. The molecule has 170 valence electrons. The maximum Gasteiger partial charge on any atom is 0.337 e. The number of rotatable bonds is 8. The van der Waals surface area contributed by atoms with Crippen LogP contribution in [0.3, 0.4) is 0 Å². The van der Waals surface area contributed by atoms with Crippen molar-refractivity contribution in [2.45, 2.75) is 25.4 Å². The molecule has 0 aromatic heterocycles. The summed E-state index contributed by atoms with van der Waals surface area (Å²) in [5.74, 6) is 0.756. The summed E-state index contributed by atoms with van der Waals surface area (Å²) in [6.45, 7) is 1.47. The number of carboxylic acid groups (broad SMARTS) is 1. The number of aromatic carboxylic acids is 1. The predicted molar refractivity (Wildman–Crippen MR) is 123 cm³/mol. The highest BCUT2D eigenvalue weighted by atomic mass is 16.5. The second-order valence-electron chi connectivity index (χ2n) is 7.72. The normalized spacial score (nSPS) is 13.8. The van der Waals surface area contributed by atoms with Gasteiger partial charge in [-0.2, -0.15) is 0 Å². The Morgan fingerprint density at radius 3 is 2.15 bits per heavy atom. The lowest BCUT2D eigenvalue weighted by molar-refractivity contribution is -0.115. The van der Waals surface area contributed by atoms with Crippen LogP contribution in [-0.4, -0.2) is 36.3 Å². The van der Waals surface area contributed by atoms with Crippen LogP contribution in [0.2, 0.25) is 0 Å². The topological polar surface area (TPSA) is 94.1 Å². The molecule has 0 saturated carbocycles. The van der Waals surface area contributed by atoms with Crippen LogP contribution in [0.15, 0.2) is 72.8 Å². The zero-order valence-electron chi connectivity index (χ0n) is 18.0. The van der Waals surface area contributed by atoms with Crippen molar-refractivity contribution >= 4 is 17.6 Å². The van der Waals surface area contributed by atoms with Crippen LogP contribution in [0.1, 0.15) is 28.8 Å². The van der Waals surface area contributed by atoms with Crippen LogP contribution < -0.4 is 14.8 Å². The van der Waals surface area contributed by atoms with Crippen molar-refractivity contribution in [3.63, 3.8) is 0 Å². The molecule has 0 bridgehead atoms. The van der Waals surface area contributed by atoms with E-state index in [4.69, 9.17) is 14.2 Å². The van der Waals surface area contributed by atoms with Crippen molar-refractivity contribution in [1.29, 1.82) is 0 Å². The molecule has 0 radical (unpaired) electrons. The molecule has 0 unspecified atom stereocenters. The van der Waals surface area contributed by atoms with Gasteiger partial charge >= 0.3 is 5.97 Å². The highest BCUT2D eigenvalue weighted by molar-refractivity contribution is 6.00. The first-order valence-corrected chi connectivity index (χ1v) is 10.8. The highest BCUT2D eigenvalue weighted by Crippen LogP contribution is 2.26. The van der Waals surface area contributed by atoms with Gasteiger partial charge in [-0.25, -0.2) is 4.79 Å². The number of anilines is 1. The largest absolute Gasteiger partial charge is 0.490 e. The monoisotopic (exact) mass is 447 g/mol. The standard InChI is InChI=1S/C26H25NO6/c28-25(27-24-4-2-1-3-23(24)26(29)30)17-18-5-7-19(8-6-18)32-20-9-11-21(12-10-20)33-22-13-15-31-16-14-22/h1-12,22H,13-17H2,(H,27,28)(H,29,30). The zero-order valence-corrected chi connectivity index (χ0v) is 18.0. The molecule has 4 rings (SSSR count). The fourth-order valence-electron chi connectivity index (χ4n) is 3.54. The van der Waals surface area contributed by atoms with E-state index in [2.05, 4.69) is 5.32 Å². The summed E-state index contributed by atoms with van der Waals surface area (Å²) in [6, 6.07) is 21.0. The first-order valence-electron chi connectivity index (χ1n) is 10.8. The third kappa shape index (κ3) is 6.33. The van der Waals surface area contributed by atoms with E-state index in [9.17, 15) is 14.7 Å². The van der Waals surface area contributed by atoms with E-state index in [0.717, 1.165) is 37.4 Å². The molecular weight excluding hydrogens is 422 g/mol. The maximum absolute atomic E-state index is 12.4. The molecular formula is C26H25NO6. The van der Waals surface area contributed by atoms with Crippen molar-refractivity contribution in [2.75, 3.05) is 18.5 Å². The minimum atomic E-state index is -1.09. The van der Waals surface area contributed by atoms with Crippen LogP contribution in [0.4, 0.5) is 5.69 Å². The van der Waals surface area contributed by atoms with E-state index in [1.807, 2.05) is 24.3 Å². The summed E-state index contributed by atoms with van der Waals surface area (Å²) in [7, 11) is 0. The number of ether oxygens (including phenoxy) is 3. The average molecular weight is 447 g/mol. The molecule has 1 saturated heterocycles. The number of para-hydroxylation sites is 1. The molecule has 1 heterocycles. The molecule has 0 spiro atoms. The van der Waals surface area contributed by atoms with Crippen LogP contribution in [0.25, 0.3) is 0 Å².